The highest BCUT2D eigenvalue weighted by atomic mass is 32.1. The van der Waals surface area contributed by atoms with Gasteiger partial charge < -0.3 is 4.74 Å². The fourth-order valence-corrected chi connectivity index (χ4v) is 3.85. The minimum absolute atomic E-state index is 0.231. The number of carbonyl (C=O) groups excluding carboxylic acids is 1. The Morgan fingerprint density at radius 1 is 1.17 bits per heavy atom. The first kappa shape index (κ1) is 19.1. The number of fused-ring (bicyclic) bond motifs is 1. The number of hydrogen-bond acceptors (Lipinski definition) is 5. The van der Waals surface area contributed by atoms with Gasteiger partial charge in [0.1, 0.15) is 5.75 Å². The van der Waals surface area contributed by atoms with E-state index in [0.29, 0.717) is 16.7 Å². The molecule has 0 unspecified atom stereocenters. The quantitative estimate of drug-likeness (QED) is 0.477. The van der Waals surface area contributed by atoms with E-state index in [1.54, 1.807) is 16.9 Å². The summed E-state index contributed by atoms with van der Waals surface area (Å²) in [5.41, 5.74) is 3.62. The number of anilines is 1. The van der Waals surface area contributed by atoms with Crippen LogP contribution in [0.25, 0.3) is 10.2 Å². The summed E-state index contributed by atoms with van der Waals surface area (Å²) in [5.74, 6) is 0.956. The summed E-state index contributed by atoms with van der Waals surface area (Å²) in [6, 6.07) is 15.7. The van der Waals surface area contributed by atoms with Crippen LogP contribution in [-0.4, -0.2) is 20.7 Å². The molecule has 7 heteroatoms. The standard InChI is InChI=1S/C22H22N4O2S/c1-14(2)16-5-7-17(8-6-16)28-13-26-11-10-19(25-26)21(27)24-22-23-18-9-4-15(3)12-20(18)29-22/h4-12,14H,13H2,1-3H3,(H,23,24,27). The van der Waals surface area contributed by atoms with Gasteiger partial charge in [-0.2, -0.15) is 5.10 Å². The molecular formula is C22H22N4O2S. The maximum atomic E-state index is 12.5. The normalized spacial score (nSPS) is 11.2. The zero-order valence-electron chi connectivity index (χ0n) is 16.5. The van der Waals surface area contributed by atoms with Crippen LogP contribution in [0, 0.1) is 6.92 Å². The number of amides is 1. The predicted octanol–water partition coefficient (Wildman–Crippen LogP) is 5.21. The number of carbonyl (C=O) groups is 1. The summed E-state index contributed by atoms with van der Waals surface area (Å²) in [5, 5.41) is 7.68. The van der Waals surface area contributed by atoms with Crippen molar-refractivity contribution in [2.24, 2.45) is 0 Å². The lowest BCUT2D eigenvalue weighted by Crippen LogP contribution is -2.14. The van der Waals surface area contributed by atoms with Gasteiger partial charge in [0.25, 0.3) is 5.91 Å². The molecule has 0 atom stereocenters. The van der Waals surface area contributed by atoms with Crippen molar-refractivity contribution in [3.8, 4) is 5.75 Å². The van der Waals surface area contributed by atoms with Crippen molar-refractivity contribution in [3.05, 3.63) is 71.5 Å². The Morgan fingerprint density at radius 2 is 1.97 bits per heavy atom. The van der Waals surface area contributed by atoms with Crippen molar-refractivity contribution in [2.45, 2.75) is 33.4 Å². The van der Waals surface area contributed by atoms with Crippen molar-refractivity contribution in [2.75, 3.05) is 5.32 Å². The van der Waals surface area contributed by atoms with Crippen LogP contribution < -0.4 is 10.1 Å². The van der Waals surface area contributed by atoms with Crippen LogP contribution in [-0.2, 0) is 6.73 Å². The van der Waals surface area contributed by atoms with Gasteiger partial charge >= 0.3 is 0 Å². The fourth-order valence-electron chi connectivity index (χ4n) is 2.89. The van der Waals surface area contributed by atoms with E-state index in [4.69, 9.17) is 4.74 Å². The average molecular weight is 407 g/mol. The van der Waals surface area contributed by atoms with Crippen molar-refractivity contribution in [3.63, 3.8) is 0 Å². The van der Waals surface area contributed by atoms with Crippen LogP contribution in [0.4, 0.5) is 5.13 Å². The van der Waals surface area contributed by atoms with E-state index in [1.165, 1.54) is 16.9 Å². The van der Waals surface area contributed by atoms with E-state index in [-0.39, 0.29) is 12.6 Å². The molecule has 2 aromatic heterocycles. The van der Waals surface area contributed by atoms with E-state index in [1.807, 2.05) is 31.2 Å². The third kappa shape index (κ3) is 4.46. The maximum Gasteiger partial charge on any atom is 0.277 e. The number of hydrogen-bond donors (Lipinski definition) is 1. The van der Waals surface area contributed by atoms with Gasteiger partial charge in [-0.3, -0.25) is 10.1 Å². The molecule has 0 fully saturated rings. The van der Waals surface area contributed by atoms with Crippen molar-refractivity contribution in [1.29, 1.82) is 0 Å². The summed E-state index contributed by atoms with van der Waals surface area (Å²) in [6.45, 7) is 6.57. The Hall–Kier alpha value is -3.19. The molecule has 2 heterocycles. The topological polar surface area (TPSA) is 69.0 Å². The van der Waals surface area contributed by atoms with Crippen LogP contribution >= 0.6 is 11.3 Å². The molecule has 0 bridgehead atoms. The van der Waals surface area contributed by atoms with Crippen molar-refractivity contribution in [1.82, 2.24) is 14.8 Å². The molecule has 1 N–H and O–H groups in total. The highest BCUT2D eigenvalue weighted by Crippen LogP contribution is 2.27. The van der Waals surface area contributed by atoms with Crippen LogP contribution in [0.1, 0.15) is 41.4 Å². The van der Waals surface area contributed by atoms with Gasteiger partial charge in [-0.15, -0.1) is 0 Å². The van der Waals surface area contributed by atoms with Crippen molar-refractivity contribution < 1.29 is 9.53 Å². The summed E-state index contributed by atoms with van der Waals surface area (Å²) < 4.78 is 8.38. The molecule has 0 spiro atoms. The van der Waals surface area contributed by atoms with Gasteiger partial charge in [-0.1, -0.05) is 43.4 Å². The summed E-state index contributed by atoms with van der Waals surface area (Å²) in [4.78, 5) is 16.9. The number of nitrogens with zero attached hydrogens (tertiary/aromatic N) is 3. The molecule has 6 nitrogen and oxygen atoms in total. The summed E-state index contributed by atoms with van der Waals surface area (Å²) >= 11 is 1.45. The number of ether oxygens (including phenoxy) is 1. The summed E-state index contributed by atoms with van der Waals surface area (Å²) in [6.07, 6.45) is 1.72. The van der Waals surface area contributed by atoms with Crippen LogP contribution in [0.5, 0.6) is 5.75 Å². The van der Waals surface area contributed by atoms with E-state index in [0.717, 1.165) is 21.5 Å². The first-order valence-corrected chi connectivity index (χ1v) is 10.2. The molecule has 0 saturated carbocycles. The number of aryl methyl sites for hydroxylation is 1. The zero-order valence-corrected chi connectivity index (χ0v) is 17.4. The van der Waals surface area contributed by atoms with Gasteiger partial charge in [0.15, 0.2) is 17.6 Å². The Bertz CT molecular complexity index is 1150. The predicted molar refractivity (Wildman–Crippen MR) is 116 cm³/mol. The highest BCUT2D eigenvalue weighted by Gasteiger charge is 2.13. The Labute approximate surface area is 173 Å². The first-order valence-electron chi connectivity index (χ1n) is 9.43. The fraction of sp³-hybridized carbons (Fsp3) is 0.227. The van der Waals surface area contributed by atoms with E-state index >= 15 is 0 Å². The third-order valence-corrected chi connectivity index (χ3v) is 5.48. The number of aromatic nitrogens is 3. The lowest BCUT2D eigenvalue weighted by molar-refractivity contribution is 0.102. The van der Waals surface area contributed by atoms with Gasteiger partial charge in [0.05, 0.1) is 10.2 Å². The van der Waals surface area contributed by atoms with Crippen LogP contribution in [0.3, 0.4) is 0 Å². The highest BCUT2D eigenvalue weighted by molar-refractivity contribution is 7.22. The van der Waals surface area contributed by atoms with Gasteiger partial charge in [-0.05, 0) is 54.3 Å². The van der Waals surface area contributed by atoms with Crippen LogP contribution in [0.15, 0.2) is 54.7 Å². The number of nitrogens with one attached hydrogen (secondary N) is 1. The van der Waals surface area contributed by atoms with Crippen molar-refractivity contribution >= 4 is 32.6 Å². The lowest BCUT2D eigenvalue weighted by atomic mass is 10.0. The number of benzene rings is 2. The Morgan fingerprint density at radius 3 is 2.72 bits per heavy atom. The van der Waals surface area contributed by atoms with Gasteiger partial charge in [-0.25, -0.2) is 9.67 Å². The molecule has 0 aliphatic heterocycles. The third-order valence-electron chi connectivity index (χ3n) is 4.55. The second-order valence-electron chi connectivity index (χ2n) is 7.18. The molecule has 29 heavy (non-hydrogen) atoms. The van der Waals surface area contributed by atoms with E-state index < -0.39 is 0 Å². The molecule has 4 aromatic rings. The zero-order chi connectivity index (χ0) is 20.4. The molecule has 4 rings (SSSR count). The SMILES string of the molecule is Cc1ccc2nc(NC(=O)c3ccn(COc4ccc(C(C)C)cc4)n3)sc2c1. The van der Waals surface area contributed by atoms with Gasteiger partial charge in [0, 0.05) is 6.20 Å². The minimum Gasteiger partial charge on any atom is -0.471 e. The Kier molecular flexibility index (Phi) is 5.31. The number of thiazole rings is 1. The number of rotatable bonds is 6. The lowest BCUT2D eigenvalue weighted by Gasteiger charge is -2.09. The van der Waals surface area contributed by atoms with E-state index in [9.17, 15) is 4.79 Å². The van der Waals surface area contributed by atoms with E-state index in [2.05, 4.69) is 47.4 Å². The minimum atomic E-state index is -0.291. The molecule has 0 saturated heterocycles. The average Bonchev–Trinajstić information content (AvgIpc) is 3.33. The maximum absolute atomic E-state index is 12.5. The smallest absolute Gasteiger partial charge is 0.277 e. The second kappa shape index (κ2) is 8.05. The van der Waals surface area contributed by atoms with Crippen LogP contribution in [0.2, 0.25) is 0 Å². The first-order chi connectivity index (χ1) is 14.0. The molecule has 0 aliphatic carbocycles. The molecule has 0 radical (unpaired) electrons. The molecule has 148 valence electrons. The molecule has 2 aromatic carbocycles. The second-order valence-corrected chi connectivity index (χ2v) is 8.21. The monoisotopic (exact) mass is 406 g/mol. The molecular weight excluding hydrogens is 384 g/mol. The molecule has 0 aliphatic rings. The Balaban J connectivity index is 1.37. The largest absolute Gasteiger partial charge is 0.471 e. The summed E-state index contributed by atoms with van der Waals surface area (Å²) in [7, 11) is 0. The molecule has 1 amide bonds. The van der Waals surface area contributed by atoms with Gasteiger partial charge in [0.2, 0.25) is 0 Å².